The lowest BCUT2D eigenvalue weighted by Crippen LogP contribution is -2.32. The molecule has 0 aliphatic heterocycles. The molecule has 11 N–H and O–H groups in total. The SMILES string of the molecule is COc1cc(/C=C2/C(C)=C(CC(=O)NCc3ncco3)c3cc(F)ccc32)cc(OC)c1B(O)O.COc1cc(/C=C2/C(C)=C(CC(=O)Nc3cccnc3)c3cc(F)ccc32)cc(OC)c1SCCP(=O)(O)O.COc1cc(/C=C2/C(C)=C(CC(=O)Nc3ccn[nH]3)c3cc(F)ccc32)cc(OC)c1NCCP(=O)(O)O. The molecule has 0 radical (unpaired) electrons. The van der Waals surface area contributed by atoms with Crippen LogP contribution in [0, 0.1) is 17.5 Å². The van der Waals surface area contributed by atoms with E-state index in [0.29, 0.717) is 89.9 Å². The Hall–Kier alpha value is -11.2. The smallest absolute Gasteiger partial charge is 0.496 e. The lowest BCUT2D eigenvalue weighted by Gasteiger charge is -2.17. The molecule has 0 atom stereocenters. The van der Waals surface area contributed by atoms with Gasteiger partial charge in [0.15, 0.2) is 0 Å². The van der Waals surface area contributed by atoms with E-state index in [1.54, 1.807) is 85.2 Å². The Labute approximate surface area is 647 Å². The van der Waals surface area contributed by atoms with Crippen LogP contribution in [0.5, 0.6) is 34.5 Å². The molecule has 0 saturated carbocycles. The summed E-state index contributed by atoms with van der Waals surface area (Å²) < 4.78 is 103. The number of nitrogens with one attached hydrogen (secondary N) is 5. The third-order valence-electron chi connectivity index (χ3n) is 18.1. The van der Waals surface area contributed by atoms with E-state index in [1.165, 1.54) is 109 Å². The molecule has 0 unspecified atom stereocenters. The first-order valence-electron chi connectivity index (χ1n) is 34.4. The lowest BCUT2D eigenvalue weighted by molar-refractivity contribution is -0.120. The van der Waals surface area contributed by atoms with Crippen LogP contribution in [-0.4, -0.2) is 142 Å². The molecule has 33 heteroatoms. The number of thioether (sulfide) groups is 1. The van der Waals surface area contributed by atoms with Crippen LogP contribution in [0.15, 0.2) is 166 Å². The number of ether oxygens (including phenoxy) is 6. The predicted octanol–water partition coefficient (Wildman–Crippen LogP) is 12.9. The van der Waals surface area contributed by atoms with Crippen molar-refractivity contribution < 1.29 is 99.1 Å². The van der Waals surface area contributed by atoms with Crippen LogP contribution in [-0.2, 0) is 30.1 Å². The number of anilines is 3. The maximum atomic E-state index is 14.3. The number of H-pyrrole nitrogens is 1. The average Bonchev–Trinajstić information content (AvgIpc) is 1.62. The van der Waals surface area contributed by atoms with E-state index < -0.39 is 39.8 Å². The van der Waals surface area contributed by atoms with Gasteiger partial charge in [-0.05, 0) is 224 Å². The number of fused-ring (bicyclic) bond motifs is 3. The summed E-state index contributed by atoms with van der Waals surface area (Å²) in [6.45, 7) is 5.83. The van der Waals surface area contributed by atoms with Crippen LogP contribution < -0.4 is 55.2 Å². The molecule has 3 aliphatic carbocycles. The number of oxazole rings is 1. The number of allylic oxidation sites excluding steroid dienone is 6. The van der Waals surface area contributed by atoms with Crippen molar-refractivity contribution in [1.29, 1.82) is 0 Å². The van der Waals surface area contributed by atoms with Crippen molar-refractivity contribution in [3.8, 4) is 34.5 Å². The van der Waals surface area contributed by atoms with Crippen molar-refractivity contribution >= 4 is 126 Å². The summed E-state index contributed by atoms with van der Waals surface area (Å²) in [5.41, 5.74) is 14.7. The summed E-state index contributed by atoms with van der Waals surface area (Å²) in [6, 6.07) is 29.0. The molecule has 0 fully saturated rings. The Bertz CT molecular complexity index is 5240. The van der Waals surface area contributed by atoms with Crippen molar-refractivity contribution in [3.05, 3.63) is 230 Å². The van der Waals surface area contributed by atoms with Gasteiger partial charge in [-0.15, -0.1) is 11.8 Å². The number of rotatable bonds is 28. The van der Waals surface area contributed by atoms with Crippen LogP contribution in [0.25, 0.3) is 51.7 Å². The first-order valence-corrected chi connectivity index (χ1v) is 39.0. The summed E-state index contributed by atoms with van der Waals surface area (Å²) in [4.78, 5) is 83.6. The summed E-state index contributed by atoms with van der Waals surface area (Å²) >= 11 is 1.24. The van der Waals surface area contributed by atoms with Crippen molar-refractivity contribution in [1.82, 2.24) is 25.5 Å². The van der Waals surface area contributed by atoms with Gasteiger partial charge in [0, 0.05) is 24.6 Å². The summed E-state index contributed by atoms with van der Waals surface area (Å²) in [6.07, 6.45) is 12.8. The largest absolute Gasteiger partial charge is 0.497 e. The summed E-state index contributed by atoms with van der Waals surface area (Å²) in [7, 11) is -1.26. The highest BCUT2D eigenvalue weighted by atomic mass is 32.2. The number of amides is 3. The predicted molar refractivity (Wildman–Crippen MR) is 424 cm³/mol. The molecule has 3 heterocycles. The van der Waals surface area contributed by atoms with Gasteiger partial charge in [0.05, 0.1) is 115 Å². The van der Waals surface area contributed by atoms with Gasteiger partial charge in [-0.3, -0.25) is 33.6 Å². The van der Waals surface area contributed by atoms with Gasteiger partial charge >= 0.3 is 22.3 Å². The summed E-state index contributed by atoms with van der Waals surface area (Å²) in [5.74, 6) is 1.39. The number of nitrogens with zero attached hydrogens (tertiary/aromatic N) is 3. The van der Waals surface area contributed by atoms with Crippen LogP contribution in [0.4, 0.5) is 30.4 Å². The molecule has 6 aromatic carbocycles. The summed E-state index contributed by atoms with van der Waals surface area (Å²) in [5, 5.41) is 37.3. The Balaban J connectivity index is 0.000000179. The molecular weight excluding hydrogens is 1510 g/mol. The first-order chi connectivity index (χ1) is 53.5. The number of carbonyl (C=O) groups excluding carboxylic acids is 3. The molecule has 0 saturated heterocycles. The lowest BCUT2D eigenvalue weighted by atomic mass is 9.78. The second-order valence-corrected chi connectivity index (χ2v) is 30.1. The van der Waals surface area contributed by atoms with Gasteiger partial charge in [0.2, 0.25) is 23.6 Å². The fourth-order valence-electron chi connectivity index (χ4n) is 12.9. The average molecular weight is 1590 g/mol. The molecule has 3 aliphatic rings. The van der Waals surface area contributed by atoms with Crippen molar-refractivity contribution in [2.24, 2.45) is 0 Å². The monoisotopic (exact) mass is 1590 g/mol. The minimum Gasteiger partial charge on any atom is -0.497 e. The number of aromatic amines is 1. The maximum Gasteiger partial charge on any atom is 0.496 e. The zero-order chi connectivity index (χ0) is 80.7. The van der Waals surface area contributed by atoms with E-state index in [4.69, 9.17) is 42.6 Å². The van der Waals surface area contributed by atoms with Gasteiger partial charge in [-0.1, -0.05) is 18.2 Å². The molecule has 584 valence electrons. The number of hydrogen-bond donors (Lipinski definition) is 11. The van der Waals surface area contributed by atoms with Crippen LogP contribution in [0.3, 0.4) is 0 Å². The molecular formula is C79H80BF3N8O18P2S. The fraction of sp³-hybridized carbons (Fsp3) is 0.215. The molecule has 3 amide bonds. The van der Waals surface area contributed by atoms with Gasteiger partial charge < -0.3 is 83.7 Å². The van der Waals surface area contributed by atoms with Crippen molar-refractivity contribution in [2.45, 2.75) is 51.5 Å². The highest BCUT2D eigenvalue weighted by Crippen LogP contribution is 2.50. The number of benzene rings is 6. The number of carbonyl (C=O) groups is 3. The van der Waals surface area contributed by atoms with E-state index in [0.717, 1.165) is 61.3 Å². The standard InChI is InChI=1S/C28H28FN2O6PS.C26H28FN4O6P.C25H24BFN2O6/c1-17-22(11-18-12-25(36-2)28(26(13-18)37-3)39-10-9-38(33,34)35)21-7-6-19(29)14-24(21)23(17)15-27(32)31-20-5-4-8-30-16-20;1-15-19(10-16-11-22(36-2)26(23(12-16)37-3)28-8-9-38(33,34)35)18-5-4-17(27)13-21(18)20(15)14-25(32)30-24-6-7-29-31-24;1-14-18(8-15-9-21(33-2)25(26(31)32)22(10-15)34-3)17-5-4-16(27)11-20(17)19(14)12-23(30)29-13-24-28-6-7-35-24/h4-8,11-14,16H,9-10,15H2,1-3H3,(H,31,32)(H2,33,34,35);4-7,10-13,28H,8-9,14H2,1-3H3,(H2,33,34,35)(H2,29,30,31,32);4-11,31-32H,12-13H2,1-3H3,(H,29,30)/b22-11-;19-10-;18-8-. The number of aromatic nitrogens is 4. The second-order valence-electron chi connectivity index (χ2n) is 25.4. The number of pyridine rings is 1. The first kappa shape index (κ1) is 83.2. The number of hydrogen-bond acceptors (Lipinski definition) is 19. The maximum absolute atomic E-state index is 14.3. The van der Waals surface area contributed by atoms with E-state index in [1.807, 2.05) is 39.0 Å². The second kappa shape index (κ2) is 37.2. The molecule has 0 bridgehead atoms. The van der Waals surface area contributed by atoms with Gasteiger partial charge in [0.1, 0.15) is 69.7 Å². The van der Waals surface area contributed by atoms with E-state index in [2.05, 4.69) is 41.4 Å². The van der Waals surface area contributed by atoms with E-state index >= 15 is 0 Å². The highest BCUT2D eigenvalue weighted by molar-refractivity contribution is 7.99. The van der Waals surface area contributed by atoms with Crippen LogP contribution in [0.2, 0.25) is 0 Å². The zero-order valence-electron chi connectivity index (χ0n) is 62.1. The Kier molecular flexibility index (Phi) is 27.6. The Morgan fingerprint density at radius 2 is 1.00 bits per heavy atom. The van der Waals surface area contributed by atoms with E-state index in [-0.39, 0.29) is 85.1 Å². The van der Waals surface area contributed by atoms with Gasteiger partial charge in [0.25, 0.3) is 0 Å². The minimum atomic E-state index is -4.17. The molecule has 3 aromatic heterocycles. The minimum absolute atomic E-state index is 0.0161. The highest BCUT2D eigenvalue weighted by Gasteiger charge is 2.32. The third kappa shape index (κ3) is 20.9. The number of methoxy groups -OCH3 is 6. The van der Waals surface area contributed by atoms with Crippen LogP contribution >= 0.6 is 27.0 Å². The van der Waals surface area contributed by atoms with Gasteiger partial charge in [-0.2, -0.15) is 5.10 Å². The zero-order valence-corrected chi connectivity index (χ0v) is 64.7. The number of halogens is 3. The van der Waals surface area contributed by atoms with Gasteiger partial charge in [-0.25, -0.2) is 18.2 Å². The normalized spacial score (nSPS) is 13.9. The quantitative estimate of drug-likeness (QED) is 0.0123. The fourth-order valence-corrected chi connectivity index (χ4v) is 15.4. The molecule has 9 aromatic rings. The van der Waals surface area contributed by atoms with Crippen molar-refractivity contribution in [3.63, 3.8) is 0 Å². The van der Waals surface area contributed by atoms with Crippen molar-refractivity contribution in [2.75, 3.05) is 83.2 Å². The third-order valence-corrected chi connectivity index (χ3v) is 21.1. The van der Waals surface area contributed by atoms with Crippen LogP contribution in [0.1, 0.15) is 96.0 Å². The topological polar surface area (TPSA) is 378 Å². The Morgan fingerprint density at radius 1 is 0.554 bits per heavy atom. The molecule has 112 heavy (non-hydrogen) atoms. The Morgan fingerprint density at radius 3 is 1.40 bits per heavy atom. The van der Waals surface area contributed by atoms with E-state index in [9.17, 15) is 56.5 Å². The molecule has 26 nitrogen and oxygen atoms in total. The molecule has 0 spiro atoms. The molecule has 12 rings (SSSR count).